The van der Waals surface area contributed by atoms with Crippen LogP contribution >= 0.6 is 22.9 Å². The third-order valence-corrected chi connectivity index (χ3v) is 6.42. The van der Waals surface area contributed by atoms with E-state index in [0.29, 0.717) is 44.0 Å². The van der Waals surface area contributed by atoms with Crippen LogP contribution in [0.1, 0.15) is 12.8 Å². The molecule has 1 aromatic heterocycles. The van der Waals surface area contributed by atoms with E-state index < -0.39 is 11.9 Å². The molecule has 132 valence electrons. The molecule has 8 heteroatoms. The fourth-order valence-corrected chi connectivity index (χ4v) is 4.76. The fourth-order valence-electron chi connectivity index (χ4n) is 3.47. The third kappa shape index (κ3) is 3.06. The lowest BCUT2D eigenvalue weighted by atomic mass is 9.73. The Balaban J connectivity index is 1.40. The minimum atomic E-state index is -0.851. The lowest BCUT2D eigenvalue weighted by Gasteiger charge is -2.40. The van der Waals surface area contributed by atoms with Gasteiger partial charge in [-0.25, -0.2) is 4.98 Å². The summed E-state index contributed by atoms with van der Waals surface area (Å²) in [4.78, 5) is 32.3. The number of amides is 1. The molecule has 0 radical (unpaired) electrons. The van der Waals surface area contributed by atoms with E-state index in [9.17, 15) is 9.59 Å². The summed E-state index contributed by atoms with van der Waals surface area (Å²) in [5.41, 5.74) is 0.932. The van der Waals surface area contributed by atoms with Crippen LogP contribution in [0.2, 0.25) is 5.02 Å². The maximum Gasteiger partial charge on any atom is 0.307 e. The summed E-state index contributed by atoms with van der Waals surface area (Å²) < 4.78 is 1.06. The molecule has 1 amide bonds. The van der Waals surface area contributed by atoms with Crippen LogP contribution in [0.3, 0.4) is 0 Å². The van der Waals surface area contributed by atoms with E-state index in [1.807, 2.05) is 18.2 Å². The Bertz CT molecular complexity index is 832. The second-order valence-electron chi connectivity index (χ2n) is 6.55. The van der Waals surface area contributed by atoms with Gasteiger partial charge in [0.15, 0.2) is 5.13 Å². The summed E-state index contributed by atoms with van der Waals surface area (Å²) in [5.74, 6) is -1.70. The Kier molecular flexibility index (Phi) is 4.29. The van der Waals surface area contributed by atoms with Crippen LogP contribution < -0.4 is 4.90 Å². The van der Waals surface area contributed by atoms with Crippen molar-refractivity contribution in [2.24, 2.45) is 11.8 Å². The molecule has 1 aliphatic heterocycles. The van der Waals surface area contributed by atoms with Crippen molar-refractivity contribution in [1.82, 2.24) is 9.88 Å². The number of anilines is 1. The molecule has 1 aliphatic carbocycles. The number of thiazole rings is 1. The number of piperazine rings is 1. The van der Waals surface area contributed by atoms with Gasteiger partial charge in [-0.05, 0) is 31.0 Å². The van der Waals surface area contributed by atoms with Crippen LogP contribution in [0.25, 0.3) is 10.2 Å². The number of rotatable bonds is 3. The van der Waals surface area contributed by atoms with E-state index in [1.54, 1.807) is 16.2 Å². The molecule has 6 nitrogen and oxygen atoms in total. The van der Waals surface area contributed by atoms with Crippen molar-refractivity contribution in [3.05, 3.63) is 23.2 Å². The Morgan fingerprint density at radius 1 is 1.16 bits per heavy atom. The second kappa shape index (κ2) is 6.46. The molecule has 1 saturated heterocycles. The van der Waals surface area contributed by atoms with E-state index in [0.717, 1.165) is 15.3 Å². The van der Waals surface area contributed by atoms with E-state index in [2.05, 4.69) is 9.88 Å². The van der Waals surface area contributed by atoms with Crippen LogP contribution in [0.4, 0.5) is 5.13 Å². The molecule has 2 atom stereocenters. The zero-order valence-electron chi connectivity index (χ0n) is 13.5. The quantitative estimate of drug-likeness (QED) is 0.887. The SMILES string of the molecule is O=C(O)C1CCC1C(=O)N1CCN(c2nc3ccc(Cl)cc3s2)CC1. The number of aromatic nitrogens is 1. The molecule has 1 N–H and O–H groups in total. The van der Waals surface area contributed by atoms with Crippen LogP contribution in [0.5, 0.6) is 0 Å². The highest BCUT2D eigenvalue weighted by Gasteiger charge is 2.43. The number of benzene rings is 1. The summed E-state index contributed by atoms with van der Waals surface area (Å²) in [7, 11) is 0. The fraction of sp³-hybridized carbons (Fsp3) is 0.471. The normalized spacial score (nSPS) is 23.6. The summed E-state index contributed by atoms with van der Waals surface area (Å²) in [6.07, 6.45) is 1.30. The van der Waals surface area contributed by atoms with Crippen molar-refractivity contribution in [2.45, 2.75) is 12.8 Å². The molecule has 1 aromatic carbocycles. The Morgan fingerprint density at radius 3 is 2.52 bits per heavy atom. The van der Waals surface area contributed by atoms with Crippen molar-refractivity contribution in [2.75, 3.05) is 31.1 Å². The number of hydrogen-bond donors (Lipinski definition) is 1. The summed E-state index contributed by atoms with van der Waals surface area (Å²) in [6, 6.07) is 5.67. The molecular weight excluding hydrogens is 362 g/mol. The Morgan fingerprint density at radius 2 is 1.88 bits per heavy atom. The maximum atomic E-state index is 12.5. The summed E-state index contributed by atoms with van der Waals surface area (Å²) in [5, 5.41) is 10.8. The average Bonchev–Trinajstić information content (AvgIpc) is 2.96. The van der Waals surface area contributed by atoms with Gasteiger partial charge in [0.1, 0.15) is 0 Å². The standard InChI is InChI=1S/C17H18ClN3O3S/c18-10-1-4-13-14(9-10)25-17(19-13)21-7-5-20(6-8-21)15(22)11-2-3-12(11)16(23)24/h1,4,9,11-12H,2-3,5-8H2,(H,23,24). The van der Waals surface area contributed by atoms with Gasteiger partial charge in [-0.3, -0.25) is 9.59 Å². The first-order valence-corrected chi connectivity index (χ1v) is 9.55. The first-order chi connectivity index (χ1) is 12.0. The predicted molar refractivity (Wildman–Crippen MR) is 97.3 cm³/mol. The number of carbonyl (C=O) groups is 2. The molecule has 2 heterocycles. The van der Waals surface area contributed by atoms with Gasteiger partial charge in [0.05, 0.1) is 22.1 Å². The van der Waals surface area contributed by atoms with E-state index in [-0.39, 0.29) is 11.8 Å². The Labute approximate surface area is 154 Å². The number of aliphatic carboxylic acids is 1. The third-order valence-electron chi connectivity index (χ3n) is 5.11. The van der Waals surface area contributed by atoms with Crippen LogP contribution in [0.15, 0.2) is 18.2 Å². The van der Waals surface area contributed by atoms with Gasteiger partial charge in [0, 0.05) is 31.2 Å². The van der Waals surface area contributed by atoms with E-state index in [1.165, 1.54) is 0 Å². The predicted octanol–water partition coefficient (Wildman–Crippen LogP) is 2.71. The molecule has 0 spiro atoms. The number of hydrogen-bond acceptors (Lipinski definition) is 5. The lowest BCUT2D eigenvalue weighted by molar-refractivity contribution is -0.156. The number of nitrogens with zero attached hydrogens (tertiary/aromatic N) is 3. The van der Waals surface area contributed by atoms with E-state index in [4.69, 9.17) is 16.7 Å². The molecule has 1 saturated carbocycles. The van der Waals surface area contributed by atoms with Gasteiger partial charge in [0.25, 0.3) is 0 Å². The highest BCUT2D eigenvalue weighted by atomic mass is 35.5. The highest BCUT2D eigenvalue weighted by molar-refractivity contribution is 7.22. The minimum absolute atomic E-state index is 0.00520. The molecule has 2 aliphatic rings. The molecule has 2 unspecified atom stereocenters. The maximum absolute atomic E-state index is 12.5. The molecular formula is C17H18ClN3O3S. The van der Waals surface area contributed by atoms with Crippen LogP contribution in [-0.2, 0) is 9.59 Å². The number of fused-ring (bicyclic) bond motifs is 1. The van der Waals surface area contributed by atoms with Crippen molar-refractivity contribution < 1.29 is 14.7 Å². The van der Waals surface area contributed by atoms with Gasteiger partial charge in [-0.2, -0.15) is 0 Å². The van der Waals surface area contributed by atoms with Crippen molar-refractivity contribution in [1.29, 1.82) is 0 Å². The minimum Gasteiger partial charge on any atom is -0.481 e. The van der Waals surface area contributed by atoms with Crippen molar-refractivity contribution >= 4 is 50.2 Å². The number of halogens is 1. The topological polar surface area (TPSA) is 73.7 Å². The van der Waals surface area contributed by atoms with Gasteiger partial charge < -0.3 is 14.9 Å². The van der Waals surface area contributed by atoms with Crippen molar-refractivity contribution in [3.8, 4) is 0 Å². The number of carboxylic acid groups (broad SMARTS) is 1. The zero-order valence-corrected chi connectivity index (χ0v) is 15.1. The second-order valence-corrected chi connectivity index (χ2v) is 7.99. The monoisotopic (exact) mass is 379 g/mol. The molecule has 2 aromatic rings. The zero-order chi connectivity index (χ0) is 17.6. The lowest BCUT2D eigenvalue weighted by Crippen LogP contribution is -2.53. The van der Waals surface area contributed by atoms with Gasteiger partial charge in [0.2, 0.25) is 5.91 Å². The molecule has 25 heavy (non-hydrogen) atoms. The molecule has 4 rings (SSSR count). The Hall–Kier alpha value is -1.86. The van der Waals surface area contributed by atoms with Crippen LogP contribution in [0, 0.1) is 11.8 Å². The van der Waals surface area contributed by atoms with E-state index >= 15 is 0 Å². The number of carbonyl (C=O) groups excluding carboxylic acids is 1. The highest BCUT2D eigenvalue weighted by Crippen LogP contribution is 2.36. The van der Waals surface area contributed by atoms with Crippen LogP contribution in [-0.4, -0.2) is 53.0 Å². The van der Waals surface area contributed by atoms with Gasteiger partial charge in [-0.15, -0.1) is 0 Å². The summed E-state index contributed by atoms with van der Waals surface area (Å²) >= 11 is 7.63. The molecule has 2 fully saturated rings. The smallest absolute Gasteiger partial charge is 0.307 e. The average molecular weight is 380 g/mol. The van der Waals surface area contributed by atoms with Gasteiger partial charge in [-0.1, -0.05) is 22.9 Å². The number of carboxylic acids is 1. The van der Waals surface area contributed by atoms with Gasteiger partial charge >= 0.3 is 5.97 Å². The van der Waals surface area contributed by atoms with Crippen molar-refractivity contribution in [3.63, 3.8) is 0 Å². The summed E-state index contributed by atoms with van der Waals surface area (Å²) in [6.45, 7) is 2.64. The first kappa shape index (κ1) is 16.6. The molecule has 0 bridgehead atoms. The first-order valence-electron chi connectivity index (χ1n) is 8.35. The largest absolute Gasteiger partial charge is 0.481 e.